The Morgan fingerprint density at radius 1 is 1.53 bits per heavy atom. The summed E-state index contributed by atoms with van der Waals surface area (Å²) in [4.78, 5) is 11.8. The zero-order chi connectivity index (χ0) is 12.8. The largest absolute Gasteiger partial charge is 0.375 e. The van der Waals surface area contributed by atoms with Crippen LogP contribution in [0.15, 0.2) is 12.2 Å². The lowest BCUT2D eigenvalue weighted by Gasteiger charge is -2.06. The van der Waals surface area contributed by atoms with Crippen LogP contribution in [-0.4, -0.2) is 35.9 Å². The van der Waals surface area contributed by atoms with E-state index in [-0.39, 0.29) is 5.91 Å². The van der Waals surface area contributed by atoms with Gasteiger partial charge in [-0.15, -0.1) is 0 Å². The van der Waals surface area contributed by atoms with Gasteiger partial charge in [0, 0.05) is 12.2 Å². The van der Waals surface area contributed by atoms with Crippen LogP contribution in [0.25, 0.3) is 0 Å². The van der Waals surface area contributed by atoms with Gasteiger partial charge in [0.1, 0.15) is 0 Å². The van der Waals surface area contributed by atoms with Crippen LogP contribution in [0.2, 0.25) is 0 Å². The predicted molar refractivity (Wildman–Crippen MR) is 66.0 cm³/mol. The molecule has 1 aromatic rings. The van der Waals surface area contributed by atoms with E-state index in [1.54, 1.807) is 6.92 Å². The number of ether oxygens (including phenoxy) is 1. The predicted octanol–water partition coefficient (Wildman–Crippen LogP) is 1.35. The zero-order valence-corrected chi connectivity index (χ0v) is 10.6. The number of aromatic amines is 1. The number of amides is 1. The molecule has 5 heteroatoms. The number of rotatable bonds is 6. The van der Waals surface area contributed by atoms with Crippen LogP contribution in [0.4, 0.5) is 0 Å². The molecule has 0 saturated carbocycles. The smallest absolute Gasteiger partial charge is 0.255 e. The number of carbonyl (C=O) groups is 1. The minimum atomic E-state index is -0.118. The van der Waals surface area contributed by atoms with Crippen molar-refractivity contribution in [3.8, 4) is 0 Å². The van der Waals surface area contributed by atoms with Crippen molar-refractivity contribution >= 4 is 5.91 Å². The highest BCUT2D eigenvalue weighted by Gasteiger charge is 2.14. The van der Waals surface area contributed by atoms with E-state index in [0.717, 1.165) is 11.3 Å². The average molecular weight is 237 g/mol. The Kier molecular flexibility index (Phi) is 4.90. The Balaban J connectivity index is 2.33. The van der Waals surface area contributed by atoms with Crippen molar-refractivity contribution < 1.29 is 9.53 Å². The molecule has 0 aliphatic carbocycles. The van der Waals surface area contributed by atoms with Gasteiger partial charge in [-0.25, -0.2) is 0 Å². The van der Waals surface area contributed by atoms with Crippen LogP contribution >= 0.6 is 0 Å². The van der Waals surface area contributed by atoms with Crippen LogP contribution in [0.3, 0.4) is 0 Å². The monoisotopic (exact) mass is 237 g/mol. The first kappa shape index (κ1) is 13.4. The van der Waals surface area contributed by atoms with Gasteiger partial charge in [0.05, 0.1) is 24.5 Å². The molecule has 0 spiro atoms. The van der Waals surface area contributed by atoms with Crippen LogP contribution in [0.1, 0.15) is 28.7 Å². The van der Waals surface area contributed by atoms with E-state index < -0.39 is 0 Å². The minimum Gasteiger partial charge on any atom is -0.375 e. The lowest BCUT2D eigenvalue weighted by Crippen LogP contribution is -2.28. The SMILES string of the molecule is C=C(C)COCCNC(=O)c1c(C)n[nH]c1C. The Labute approximate surface area is 101 Å². The molecular formula is C12H19N3O2. The van der Waals surface area contributed by atoms with Gasteiger partial charge in [-0.05, 0) is 20.8 Å². The van der Waals surface area contributed by atoms with Gasteiger partial charge in [0.25, 0.3) is 5.91 Å². The second kappa shape index (κ2) is 6.20. The summed E-state index contributed by atoms with van der Waals surface area (Å²) in [5.74, 6) is -0.118. The van der Waals surface area contributed by atoms with Crippen molar-refractivity contribution in [3.63, 3.8) is 0 Å². The highest BCUT2D eigenvalue weighted by molar-refractivity contribution is 5.96. The first-order chi connectivity index (χ1) is 8.02. The standard InChI is InChI=1S/C12H19N3O2/c1-8(2)7-17-6-5-13-12(16)11-9(3)14-15-10(11)4/h1,5-7H2,2-4H3,(H,13,16)(H,14,15). The number of hydrogen-bond donors (Lipinski definition) is 2. The molecule has 0 unspecified atom stereocenters. The fourth-order valence-electron chi connectivity index (χ4n) is 1.46. The molecule has 0 bridgehead atoms. The molecule has 1 rings (SSSR count). The van der Waals surface area contributed by atoms with Gasteiger partial charge in [-0.2, -0.15) is 5.10 Å². The van der Waals surface area contributed by atoms with Crippen LogP contribution in [0.5, 0.6) is 0 Å². The quantitative estimate of drug-likeness (QED) is 0.579. The number of aromatic nitrogens is 2. The molecule has 5 nitrogen and oxygen atoms in total. The second-order valence-electron chi connectivity index (χ2n) is 4.07. The van der Waals surface area contributed by atoms with Gasteiger partial charge >= 0.3 is 0 Å². The molecule has 0 atom stereocenters. The van der Waals surface area contributed by atoms with Crippen LogP contribution in [-0.2, 0) is 4.74 Å². The number of nitrogens with zero attached hydrogens (tertiary/aromatic N) is 1. The zero-order valence-electron chi connectivity index (χ0n) is 10.6. The van der Waals surface area contributed by atoms with Gasteiger partial charge < -0.3 is 10.1 Å². The molecule has 0 radical (unpaired) electrons. The molecule has 1 heterocycles. The van der Waals surface area contributed by atoms with E-state index in [1.165, 1.54) is 0 Å². The first-order valence-electron chi connectivity index (χ1n) is 5.54. The number of hydrogen-bond acceptors (Lipinski definition) is 3. The number of nitrogens with one attached hydrogen (secondary N) is 2. The Morgan fingerprint density at radius 3 is 2.76 bits per heavy atom. The lowest BCUT2D eigenvalue weighted by molar-refractivity contribution is 0.0925. The Bertz CT molecular complexity index is 390. The Morgan fingerprint density at radius 2 is 2.24 bits per heavy atom. The molecule has 1 amide bonds. The average Bonchev–Trinajstić information content (AvgIpc) is 2.57. The summed E-state index contributed by atoms with van der Waals surface area (Å²) in [6.45, 7) is 10.7. The third-order valence-electron chi connectivity index (χ3n) is 2.24. The van der Waals surface area contributed by atoms with Crippen LogP contribution in [0, 0.1) is 13.8 Å². The summed E-state index contributed by atoms with van der Waals surface area (Å²) in [5, 5.41) is 9.54. The van der Waals surface area contributed by atoms with Gasteiger partial charge in [0.2, 0.25) is 0 Å². The number of H-pyrrole nitrogens is 1. The third kappa shape index (κ3) is 4.03. The van der Waals surface area contributed by atoms with Crippen molar-refractivity contribution in [2.75, 3.05) is 19.8 Å². The maximum absolute atomic E-state index is 11.8. The van der Waals surface area contributed by atoms with E-state index in [2.05, 4.69) is 22.1 Å². The van der Waals surface area contributed by atoms with Gasteiger partial charge in [-0.1, -0.05) is 12.2 Å². The fourth-order valence-corrected chi connectivity index (χ4v) is 1.46. The molecule has 1 aromatic heterocycles. The molecule has 0 fully saturated rings. The van der Waals surface area contributed by atoms with Crippen molar-refractivity contribution in [2.24, 2.45) is 0 Å². The molecule has 0 saturated heterocycles. The van der Waals surface area contributed by atoms with Gasteiger partial charge in [-0.3, -0.25) is 9.89 Å². The lowest BCUT2D eigenvalue weighted by atomic mass is 10.2. The maximum Gasteiger partial charge on any atom is 0.255 e. The Hall–Kier alpha value is -1.62. The van der Waals surface area contributed by atoms with Crippen molar-refractivity contribution in [1.29, 1.82) is 0 Å². The minimum absolute atomic E-state index is 0.118. The van der Waals surface area contributed by atoms with E-state index in [0.29, 0.717) is 31.0 Å². The number of carbonyl (C=O) groups excluding carboxylic acids is 1. The second-order valence-corrected chi connectivity index (χ2v) is 4.07. The first-order valence-corrected chi connectivity index (χ1v) is 5.54. The van der Waals surface area contributed by atoms with Crippen molar-refractivity contribution in [1.82, 2.24) is 15.5 Å². The van der Waals surface area contributed by atoms with E-state index >= 15 is 0 Å². The molecule has 17 heavy (non-hydrogen) atoms. The summed E-state index contributed by atoms with van der Waals surface area (Å²) in [6, 6.07) is 0. The highest BCUT2D eigenvalue weighted by atomic mass is 16.5. The summed E-state index contributed by atoms with van der Waals surface area (Å²) in [7, 11) is 0. The maximum atomic E-state index is 11.8. The molecule has 94 valence electrons. The van der Waals surface area contributed by atoms with Crippen molar-refractivity contribution in [3.05, 3.63) is 29.1 Å². The molecule has 0 aliphatic rings. The van der Waals surface area contributed by atoms with Crippen molar-refractivity contribution in [2.45, 2.75) is 20.8 Å². The normalized spacial score (nSPS) is 10.3. The summed E-state index contributed by atoms with van der Waals surface area (Å²) < 4.78 is 5.29. The van der Waals surface area contributed by atoms with E-state index in [1.807, 2.05) is 13.8 Å². The molecule has 2 N–H and O–H groups in total. The van der Waals surface area contributed by atoms with E-state index in [4.69, 9.17) is 4.74 Å². The topological polar surface area (TPSA) is 67.0 Å². The van der Waals surface area contributed by atoms with Crippen LogP contribution < -0.4 is 5.32 Å². The molecule has 0 aliphatic heterocycles. The van der Waals surface area contributed by atoms with Gasteiger partial charge in [0.15, 0.2) is 0 Å². The third-order valence-corrected chi connectivity index (χ3v) is 2.24. The van der Waals surface area contributed by atoms with E-state index in [9.17, 15) is 4.79 Å². The molecular weight excluding hydrogens is 218 g/mol. The summed E-state index contributed by atoms with van der Waals surface area (Å²) in [5.41, 5.74) is 3.08. The molecule has 0 aromatic carbocycles. The highest BCUT2D eigenvalue weighted by Crippen LogP contribution is 2.08. The summed E-state index contributed by atoms with van der Waals surface area (Å²) >= 11 is 0. The summed E-state index contributed by atoms with van der Waals surface area (Å²) in [6.07, 6.45) is 0. The fraction of sp³-hybridized carbons (Fsp3) is 0.500. The number of aryl methyl sites for hydroxylation is 2.